The van der Waals surface area contributed by atoms with Crippen LogP contribution in [0.4, 0.5) is 0 Å². The molecule has 1 amide bonds. The van der Waals surface area contributed by atoms with E-state index in [0.717, 1.165) is 26.2 Å². The molecule has 0 aliphatic carbocycles. The quantitative estimate of drug-likeness (QED) is 0.814. The van der Waals surface area contributed by atoms with Gasteiger partial charge in [-0.05, 0) is 19.9 Å². The Bertz CT molecular complexity index is 630. The van der Waals surface area contributed by atoms with E-state index in [0.29, 0.717) is 24.7 Å². The normalized spacial score (nSPS) is 17.4. The lowest BCUT2D eigenvalue weighted by Gasteiger charge is -2.36. The maximum Gasteiger partial charge on any atom is 0.243 e. The van der Waals surface area contributed by atoms with E-state index in [4.69, 9.17) is 4.52 Å². The number of piperazine rings is 1. The second-order valence-electron chi connectivity index (χ2n) is 5.79. The van der Waals surface area contributed by atoms with Crippen molar-refractivity contribution in [2.45, 2.75) is 32.9 Å². The van der Waals surface area contributed by atoms with Crippen molar-refractivity contribution in [2.24, 2.45) is 0 Å². The molecule has 0 radical (unpaired) electrons. The maximum absolute atomic E-state index is 12.3. The molecule has 1 atom stereocenters. The number of carbonyl (C=O) groups is 1. The Morgan fingerprint density at radius 1 is 1.35 bits per heavy atom. The molecule has 0 spiro atoms. The molecule has 0 bridgehead atoms. The lowest BCUT2D eigenvalue weighted by Crippen LogP contribution is -2.49. The van der Waals surface area contributed by atoms with Gasteiger partial charge in [0, 0.05) is 51.5 Å². The van der Waals surface area contributed by atoms with E-state index in [2.05, 4.69) is 27.1 Å². The van der Waals surface area contributed by atoms with Crippen molar-refractivity contribution < 1.29 is 9.32 Å². The van der Waals surface area contributed by atoms with Crippen molar-refractivity contribution in [3.63, 3.8) is 0 Å². The number of carbonyl (C=O) groups excluding carboxylic acids is 1. The first-order chi connectivity index (χ1) is 11.1. The van der Waals surface area contributed by atoms with E-state index in [1.807, 2.05) is 24.1 Å². The molecule has 124 valence electrons. The van der Waals surface area contributed by atoms with Crippen LogP contribution in [0.1, 0.15) is 31.1 Å². The third kappa shape index (κ3) is 3.76. The molecule has 1 aliphatic heterocycles. The first-order valence-electron chi connectivity index (χ1n) is 7.93. The third-order valence-electron chi connectivity index (χ3n) is 4.23. The molecule has 0 saturated carbocycles. The molecule has 23 heavy (non-hydrogen) atoms. The van der Waals surface area contributed by atoms with Gasteiger partial charge in [-0.3, -0.25) is 14.4 Å². The average molecular weight is 318 g/mol. The summed E-state index contributed by atoms with van der Waals surface area (Å²) in [5.74, 6) is 1.47. The van der Waals surface area contributed by atoms with Gasteiger partial charge in [0.1, 0.15) is 0 Å². The molecule has 3 heterocycles. The van der Waals surface area contributed by atoms with Crippen molar-refractivity contribution in [2.75, 3.05) is 26.2 Å². The zero-order chi connectivity index (χ0) is 16.2. The Balaban J connectivity index is 1.47. The molecule has 0 N–H and O–H groups in total. The van der Waals surface area contributed by atoms with Crippen LogP contribution in [0.5, 0.6) is 0 Å². The maximum atomic E-state index is 12.3. The highest BCUT2D eigenvalue weighted by atomic mass is 16.5. The highest BCUT2D eigenvalue weighted by Gasteiger charge is 2.27. The number of amides is 1. The van der Waals surface area contributed by atoms with E-state index in [9.17, 15) is 4.79 Å². The second-order valence-corrected chi connectivity index (χ2v) is 5.79. The molecule has 8 heteroatoms. The van der Waals surface area contributed by atoms with Gasteiger partial charge in [-0.25, -0.2) is 0 Å². The minimum absolute atomic E-state index is 0.0810. The Labute approximate surface area is 135 Å². The molecule has 1 fully saturated rings. The number of hydrogen-bond donors (Lipinski definition) is 0. The van der Waals surface area contributed by atoms with Crippen molar-refractivity contribution in [3.8, 4) is 0 Å². The SMILES string of the molecule is Cc1noc(C(C)N2CCN(C(=O)CCn3cccn3)CC2)n1. The second kappa shape index (κ2) is 6.91. The number of aryl methyl sites for hydroxylation is 2. The Morgan fingerprint density at radius 2 is 2.13 bits per heavy atom. The zero-order valence-electron chi connectivity index (χ0n) is 13.6. The predicted octanol–water partition coefficient (Wildman–Crippen LogP) is 0.870. The van der Waals surface area contributed by atoms with E-state index in [1.54, 1.807) is 10.9 Å². The summed E-state index contributed by atoms with van der Waals surface area (Å²) in [6.45, 7) is 7.60. The summed E-state index contributed by atoms with van der Waals surface area (Å²) in [5, 5.41) is 7.96. The predicted molar refractivity (Wildman–Crippen MR) is 82.4 cm³/mol. The topological polar surface area (TPSA) is 80.3 Å². The molecule has 2 aromatic heterocycles. The van der Waals surface area contributed by atoms with Crippen molar-refractivity contribution >= 4 is 5.91 Å². The van der Waals surface area contributed by atoms with Gasteiger partial charge >= 0.3 is 0 Å². The third-order valence-corrected chi connectivity index (χ3v) is 4.23. The van der Waals surface area contributed by atoms with Crippen molar-refractivity contribution in [1.82, 2.24) is 29.7 Å². The summed E-state index contributed by atoms with van der Waals surface area (Å²) in [4.78, 5) is 20.7. The molecular weight excluding hydrogens is 296 g/mol. The van der Waals surface area contributed by atoms with Crippen LogP contribution in [0, 0.1) is 6.92 Å². The van der Waals surface area contributed by atoms with Crippen LogP contribution in [-0.4, -0.2) is 61.8 Å². The van der Waals surface area contributed by atoms with Crippen molar-refractivity contribution in [3.05, 3.63) is 30.2 Å². The molecule has 3 rings (SSSR count). The summed E-state index contributed by atoms with van der Waals surface area (Å²) in [6, 6.07) is 1.95. The van der Waals surface area contributed by atoms with Crippen LogP contribution in [0.15, 0.2) is 23.0 Å². The average Bonchev–Trinajstić information content (AvgIpc) is 3.23. The van der Waals surface area contributed by atoms with Gasteiger partial charge in [0.25, 0.3) is 0 Å². The van der Waals surface area contributed by atoms with E-state index in [1.165, 1.54) is 0 Å². The summed E-state index contributed by atoms with van der Waals surface area (Å²) >= 11 is 0. The van der Waals surface area contributed by atoms with Crippen LogP contribution in [0.2, 0.25) is 0 Å². The first kappa shape index (κ1) is 15.7. The highest BCUT2D eigenvalue weighted by Crippen LogP contribution is 2.20. The summed E-state index contributed by atoms with van der Waals surface area (Å²) in [6.07, 6.45) is 4.09. The minimum Gasteiger partial charge on any atom is -0.340 e. The van der Waals surface area contributed by atoms with E-state index >= 15 is 0 Å². The van der Waals surface area contributed by atoms with Crippen molar-refractivity contribution in [1.29, 1.82) is 0 Å². The Kier molecular flexibility index (Phi) is 4.71. The first-order valence-corrected chi connectivity index (χ1v) is 7.93. The standard InChI is InChI=1S/C15H22N6O2/c1-12(15-17-13(2)18-23-15)19-8-10-20(11-9-19)14(22)4-7-21-6-3-5-16-21/h3,5-6,12H,4,7-11H2,1-2H3. The lowest BCUT2D eigenvalue weighted by molar-refractivity contribution is -0.133. The summed E-state index contributed by atoms with van der Waals surface area (Å²) in [7, 11) is 0. The van der Waals surface area contributed by atoms with Gasteiger partial charge in [-0.2, -0.15) is 10.1 Å². The van der Waals surface area contributed by atoms with E-state index in [-0.39, 0.29) is 11.9 Å². The summed E-state index contributed by atoms with van der Waals surface area (Å²) in [5.41, 5.74) is 0. The van der Waals surface area contributed by atoms with Crippen LogP contribution in [0.3, 0.4) is 0 Å². The molecule has 2 aromatic rings. The van der Waals surface area contributed by atoms with Gasteiger partial charge in [-0.15, -0.1) is 0 Å². The van der Waals surface area contributed by atoms with Gasteiger partial charge in [0.2, 0.25) is 11.8 Å². The number of aromatic nitrogens is 4. The van der Waals surface area contributed by atoms with Gasteiger partial charge < -0.3 is 9.42 Å². The largest absolute Gasteiger partial charge is 0.340 e. The van der Waals surface area contributed by atoms with Gasteiger partial charge in [0.05, 0.1) is 6.04 Å². The van der Waals surface area contributed by atoms with Gasteiger partial charge in [0.15, 0.2) is 5.82 Å². The van der Waals surface area contributed by atoms with E-state index < -0.39 is 0 Å². The smallest absolute Gasteiger partial charge is 0.243 e. The molecule has 1 saturated heterocycles. The molecule has 1 aliphatic rings. The number of rotatable bonds is 5. The van der Waals surface area contributed by atoms with Crippen LogP contribution >= 0.6 is 0 Å². The molecule has 0 aromatic carbocycles. The summed E-state index contributed by atoms with van der Waals surface area (Å²) < 4.78 is 7.03. The number of nitrogens with zero attached hydrogens (tertiary/aromatic N) is 6. The fourth-order valence-electron chi connectivity index (χ4n) is 2.80. The minimum atomic E-state index is 0.0810. The monoisotopic (exact) mass is 318 g/mol. The fraction of sp³-hybridized carbons (Fsp3) is 0.600. The number of hydrogen-bond acceptors (Lipinski definition) is 6. The Hall–Kier alpha value is -2.22. The zero-order valence-corrected chi connectivity index (χ0v) is 13.6. The van der Waals surface area contributed by atoms with Gasteiger partial charge in [-0.1, -0.05) is 5.16 Å². The highest BCUT2D eigenvalue weighted by molar-refractivity contribution is 5.76. The molecule has 8 nitrogen and oxygen atoms in total. The van der Waals surface area contributed by atoms with Crippen LogP contribution in [-0.2, 0) is 11.3 Å². The lowest BCUT2D eigenvalue weighted by atomic mass is 10.2. The van der Waals surface area contributed by atoms with Crippen LogP contribution < -0.4 is 0 Å². The Morgan fingerprint density at radius 3 is 2.74 bits per heavy atom. The molecule has 1 unspecified atom stereocenters. The fourth-order valence-corrected chi connectivity index (χ4v) is 2.80. The van der Waals surface area contributed by atoms with Crippen LogP contribution in [0.25, 0.3) is 0 Å². The molecular formula is C15H22N6O2.